The molecule has 0 aliphatic heterocycles. The second kappa shape index (κ2) is 3.69. The van der Waals surface area contributed by atoms with E-state index in [0.29, 0.717) is 0 Å². The van der Waals surface area contributed by atoms with Crippen molar-refractivity contribution in [2.45, 2.75) is 0 Å². The van der Waals surface area contributed by atoms with E-state index in [1.165, 1.54) is 12.1 Å². The average Bonchev–Trinajstić information content (AvgIpc) is 2.02. The van der Waals surface area contributed by atoms with E-state index in [4.69, 9.17) is 9.79 Å². The molecule has 0 saturated carbocycles. The molecule has 0 aromatic heterocycles. The third kappa shape index (κ3) is 3.50. The molecule has 0 radical (unpaired) electrons. The zero-order valence-corrected chi connectivity index (χ0v) is 6.85. The predicted molar refractivity (Wildman–Crippen MR) is 40.2 cm³/mol. The van der Waals surface area contributed by atoms with Crippen LogP contribution in [0.5, 0.6) is 5.75 Å². The van der Waals surface area contributed by atoms with Crippen LogP contribution in [-0.4, -0.2) is 9.79 Å². The first-order valence-corrected chi connectivity index (χ1v) is 4.58. The summed E-state index contributed by atoms with van der Waals surface area (Å²) in [7, 11) is -4.55. The standard InChI is InChI=1S/C6H7O5P/c7-12(8,9)11-10-6-4-2-1-3-5-6/h1-5H,(H2,7,8,9). The fourth-order valence-electron chi connectivity index (χ4n) is 0.568. The molecule has 2 N–H and O–H groups in total. The second-order valence-electron chi connectivity index (χ2n) is 1.96. The van der Waals surface area contributed by atoms with Crippen LogP contribution in [0.25, 0.3) is 0 Å². The van der Waals surface area contributed by atoms with Crippen LogP contribution in [0.2, 0.25) is 0 Å². The Morgan fingerprint density at radius 3 is 2.25 bits per heavy atom. The van der Waals surface area contributed by atoms with Crippen molar-refractivity contribution in [3.05, 3.63) is 30.3 Å². The maximum atomic E-state index is 10.2. The molecule has 0 saturated heterocycles. The first kappa shape index (κ1) is 9.22. The first-order chi connectivity index (χ1) is 5.58. The van der Waals surface area contributed by atoms with Gasteiger partial charge < -0.3 is 14.7 Å². The number of para-hydroxylation sites is 1. The van der Waals surface area contributed by atoms with Gasteiger partial charge in [0, 0.05) is 0 Å². The molecule has 0 atom stereocenters. The lowest BCUT2D eigenvalue weighted by atomic mass is 10.3. The van der Waals surface area contributed by atoms with Gasteiger partial charge >= 0.3 is 7.82 Å². The van der Waals surface area contributed by atoms with Crippen molar-refractivity contribution in [3.8, 4) is 5.75 Å². The van der Waals surface area contributed by atoms with Crippen molar-refractivity contribution in [3.63, 3.8) is 0 Å². The molecule has 66 valence electrons. The van der Waals surface area contributed by atoms with Gasteiger partial charge in [0.15, 0.2) is 5.75 Å². The van der Waals surface area contributed by atoms with Crippen molar-refractivity contribution < 1.29 is 23.9 Å². The molecular weight excluding hydrogens is 183 g/mol. The fourth-order valence-corrected chi connectivity index (χ4v) is 0.751. The summed E-state index contributed by atoms with van der Waals surface area (Å²) in [5, 5.41) is 0. The molecule has 0 aliphatic carbocycles. The Morgan fingerprint density at radius 1 is 1.17 bits per heavy atom. The summed E-state index contributed by atoms with van der Waals surface area (Å²) in [4.78, 5) is 20.8. The van der Waals surface area contributed by atoms with Crippen molar-refractivity contribution in [1.29, 1.82) is 0 Å². The van der Waals surface area contributed by atoms with Crippen molar-refractivity contribution >= 4 is 7.82 Å². The van der Waals surface area contributed by atoms with Crippen LogP contribution in [0.4, 0.5) is 0 Å². The van der Waals surface area contributed by atoms with Crippen LogP contribution in [0.1, 0.15) is 0 Å². The number of phosphoric acid groups is 1. The minimum atomic E-state index is -4.55. The SMILES string of the molecule is O=P(O)(O)OOc1ccccc1. The van der Waals surface area contributed by atoms with Crippen molar-refractivity contribution in [2.75, 3.05) is 0 Å². The lowest BCUT2D eigenvalue weighted by Gasteiger charge is -2.03. The number of benzene rings is 1. The van der Waals surface area contributed by atoms with Crippen LogP contribution < -0.4 is 4.89 Å². The maximum absolute atomic E-state index is 10.2. The second-order valence-corrected chi connectivity index (χ2v) is 3.09. The molecular formula is C6H7O5P. The van der Waals surface area contributed by atoms with E-state index in [-0.39, 0.29) is 5.75 Å². The smallest absolute Gasteiger partial charge is 0.327 e. The largest absolute Gasteiger partial charge is 0.505 e. The molecule has 0 fully saturated rings. The molecule has 0 unspecified atom stereocenters. The van der Waals surface area contributed by atoms with E-state index in [1.807, 2.05) is 0 Å². The quantitative estimate of drug-likeness (QED) is 0.423. The highest BCUT2D eigenvalue weighted by molar-refractivity contribution is 7.46. The lowest BCUT2D eigenvalue weighted by Crippen LogP contribution is -1.93. The molecule has 12 heavy (non-hydrogen) atoms. The Morgan fingerprint density at radius 2 is 1.75 bits per heavy atom. The fraction of sp³-hybridized carbons (Fsp3) is 0. The average molecular weight is 190 g/mol. The summed E-state index contributed by atoms with van der Waals surface area (Å²) < 4.78 is 13.9. The number of hydrogen-bond donors (Lipinski definition) is 2. The molecule has 1 aromatic carbocycles. The first-order valence-electron chi connectivity index (χ1n) is 3.05. The Balaban J connectivity index is 2.50. The zero-order valence-electron chi connectivity index (χ0n) is 5.95. The predicted octanol–water partition coefficient (Wildman–Crippen LogP) is 1.09. The highest BCUT2D eigenvalue weighted by Gasteiger charge is 2.15. The Kier molecular flexibility index (Phi) is 2.83. The van der Waals surface area contributed by atoms with Gasteiger partial charge in [-0.3, -0.25) is 0 Å². The molecule has 6 heteroatoms. The minimum absolute atomic E-state index is 0.237. The summed E-state index contributed by atoms with van der Waals surface area (Å²) in [6.07, 6.45) is 0. The van der Waals surface area contributed by atoms with Gasteiger partial charge in [-0.25, -0.2) is 4.57 Å². The van der Waals surface area contributed by atoms with E-state index in [0.717, 1.165) is 0 Å². The van der Waals surface area contributed by atoms with Gasteiger partial charge in [0.1, 0.15) is 0 Å². The summed E-state index contributed by atoms with van der Waals surface area (Å²) in [6, 6.07) is 8.06. The van der Waals surface area contributed by atoms with Gasteiger partial charge in [-0.05, 0) is 12.1 Å². The molecule has 0 bridgehead atoms. The Hall–Kier alpha value is -0.870. The third-order valence-corrected chi connectivity index (χ3v) is 1.24. The Labute approximate surface area is 68.7 Å². The van der Waals surface area contributed by atoms with Crippen LogP contribution in [-0.2, 0) is 9.24 Å². The van der Waals surface area contributed by atoms with Crippen LogP contribution in [0.15, 0.2) is 30.3 Å². The van der Waals surface area contributed by atoms with Crippen LogP contribution >= 0.6 is 7.82 Å². The third-order valence-electron chi connectivity index (χ3n) is 0.974. The summed E-state index contributed by atoms with van der Waals surface area (Å²) >= 11 is 0. The van der Waals surface area contributed by atoms with Gasteiger partial charge in [-0.2, -0.15) is 0 Å². The van der Waals surface area contributed by atoms with E-state index in [1.54, 1.807) is 18.2 Å². The van der Waals surface area contributed by atoms with E-state index in [2.05, 4.69) is 9.56 Å². The molecule has 1 rings (SSSR count). The highest BCUT2D eigenvalue weighted by atomic mass is 31.2. The number of hydrogen-bond acceptors (Lipinski definition) is 3. The Bertz CT molecular complexity index is 279. The number of rotatable bonds is 3. The molecule has 1 aromatic rings. The molecule has 5 nitrogen and oxygen atoms in total. The van der Waals surface area contributed by atoms with E-state index < -0.39 is 7.82 Å². The van der Waals surface area contributed by atoms with Crippen molar-refractivity contribution in [1.82, 2.24) is 0 Å². The van der Waals surface area contributed by atoms with E-state index in [9.17, 15) is 4.57 Å². The minimum Gasteiger partial charge on any atom is -0.327 e. The van der Waals surface area contributed by atoms with Crippen LogP contribution in [0.3, 0.4) is 0 Å². The van der Waals surface area contributed by atoms with E-state index >= 15 is 0 Å². The maximum Gasteiger partial charge on any atom is 0.505 e. The summed E-state index contributed by atoms with van der Waals surface area (Å²) in [6.45, 7) is 0. The molecule has 0 spiro atoms. The van der Waals surface area contributed by atoms with Crippen LogP contribution in [0, 0.1) is 0 Å². The topological polar surface area (TPSA) is 76.0 Å². The molecule has 0 amide bonds. The summed E-state index contributed by atoms with van der Waals surface area (Å²) in [5.74, 6) is 0.237. The van der Waals surface area contributed by atoms with Gasteiger partial charge in [0.25, 0.3) is 0 Å². The molecule has 0 heterocycles. The molecule has 0 aliphatic rings. The van der Waals surface area contributed by atoms with Gasteiger partial charge in [-0.1, -0.05) is 22.9 Å². The van der Waals surface area contributed by atoms with Gasteiger partial charge in [0.05, 0.1) is 0 Å². The summed E-state index contributed by atoms with van der Waals surface area (Å²) in [5.41, 5.74) is 0. The van der Waals surface area contributed by atoms with Crippen molar-refractivity contribution in [2.24, 2.45) is 0 Å². The monoisotopic (exact) mass is 190 g/mol. The van der Waals surface area contributed by atoms with Gasteiger partial charge in [-0.15, -0.1) is 0 Å². The highest BCUT2D eigenvalue weighted by Crippen LogP contribution is 2.36. The zero-order chi connectivity index (χ0) is 9.03. The van der Waals surface area contributed by atoms with Gasteiger partial charge in [0.2, 0.25) is 0 Å². The lowest BCUT2D eigenvalue weighted by molar-refractivity contribution is -0.122. The normalized spacial score (nSPS) is 11.2.